The largest absolute Gasteiger partial charge is 0.352 e. The number of nitrogens with zero attached hydrogens (tertiary/aromatic N) is 3. The normalized spacial score (nSPS) is 16.1. The molecule has 2 aromatic rings. The molecular formula is C20H28N4O. The molecule has 3 rings (SSSR count). The second kappa shape index (κ2) is 8.30. The molecule has 1 saturated heterocycles. The van der Waals surface area contributed by atoms with Gasteiger partial charge in [-0.25, -0.2) is 4.68 Å². The van der Waals surface area contributed by atoms with Gasteiger partial charge in [0.2, 0.25) is 0 Å². The molecule has 25 heavy (non-hydrogen) atoms. The first-order valence-corrected chi connectivity index (χ1v) is 9.25. The summed E-state index contributed by atoms with van der Waals surface area (Å²) in [6.45, 7) is 8.54. The van der Waals surface area contributed by atoms with Crippen LogP contribution in [0.15, 0.2) is 36.5 Å². The van der Waals surface area contributed by atoms with Crippen molar-refractivity contribution >= 4 is 5.91 Å². The average molecular weight is 340 g/mol. The highest BCUT2D eigenvalue weighted by Crippen LogP contribution is 2.15. The van der Waals surface area contributed by atoms with Crippen molar-refractivity contribution in [2.45, 2.75) is 33.1 Å². The Balaban J connectivity index is 1.43. The number of benzene rings is 1. The molecule has 134 valence electrons. The number of hydrogen-bond acceptors (Lipinski definition) is 3. The molecule has 5 nitrogen and oxygen atoms in total. The summed E-state index contributed by atoms with van der Waals surface area (Å²) < 4.78 is 1.86. The number of aryl methyl sites for hydroxylation is 1. The van der Waals surface area contributed by atoms with E-state index in [2.05, 4.69) is 22.2 Å². The highest BCUT2D eigenvalue weighted by atomic mass is 16.1. The smallest absolute Gasteiger partial charge is 0.251 e. The molecule has 0 bridgehead atoms. The van der Waals surface area contributed by atoms with Gasteiger partial charge in [-0.15, -0.1) is 0 Å². The van der Waals surface area contributed by atoms with Gasteiger partial charge in [0, 0.05) is 24.0 Å². The van der Waals surface area contributed by atoms with E-state index in [-0.39, 0.29) is 5.91 Å². The van der Waals surface area contributed by atoms with Crippen LogP contribution in [0.3, 0.4) is 0 Å². The molecule has 1 aromatic carbocycles. The maximum absolute atomic E-state index is 12.3. The molecule has 1 fully saturated rings. The molecule has 1 amide bonds. The second-order valence-electron chi connectivity index (χ2n) is 7.06. The molecule has 1 aliphatic heterocycles. The fraction of sp³-hybridized carbons (Fsp3) is 0.500. The topological polar surface area (TPSA) is 50.2 Å². The number of amides is 1. The van der Waals surface area contributed by atoms with E-state index >= 15 is 0 Å². The summed E-state index contributed by atoms with van der Waals surface area (Å²) in [5.74, 6) is 0.862. The van der Waals surface area contributed by atoms with E-state index in [0.717, 1.165) is 36.8 Å². The molecule has 0 atom stereocenters. The molecule has 1 N–H and O–H groups in total. The van der Waals surface area contributed by atoms with E-state index in [9.17, 15) is 4.79 Å². The molecule has 1 aliphatic rings. The summed E-state index contributed by atoms with van der Waals surface area (Å²) in [6, 6.07) is 9.55. The lowest BCUT2D eigenvalue weighted by Gasteiger charge is -2.30. The Hall–Kier alpha value is -2.14. The number of hydrogen-bond donors (Lipinski definition) is 1. The quantitative estimate of drug-likeness (QED) is 0.823. The highest BCUT2D eigenvalue weighted by molar-refractivity contribution is 5.94. The van der Waals surface area contributed by atoms with Crippen molar-refractivity contribution in [3.8, 4) is 5.69 Å². The third kappa shape index (κ3) is 4.69. The standard InChI is InChI=1S/C20H28N4O/c1-16-9-14-23(15-10-16)13-3-11-21-20(25)18-4-6-19(7-5-18)24-17(2)8-12-22-24/h4-8,12,16H,3,9-11,13-15H2,1-2H3,(H,21,25). The lowest BCUT2D eigenvalue weighted by atomic mass is 9.99. The maximum Gasteiger partial charge on any atom is 0.251 e. The Labute approximate surface area is 150 Å². The van der Waals surface area contributed by atoms with E-state index in [1.165, 1.54) is 25.9 Å². The van der Waals surface area contributed by atoms with Gasteiger partial charge in [0.1, 0.15) is 0 Å². The Bertz CT molecular complexity index is 684. The predicted molar refractivity (Wildman–Crippen MR) is 100 cm³/mol. The number of rotatable bonds is 6. The molecule has 2 heterocycles. The van der Waals surface area contributed by atoms with Crippen molar-refractivity contribution in [2.24, 2.45) is 5.92 Å². The van der Waals surface area contributed by atoms with Gasteiger partial charge in [-0.05, 0) is 82.1 Å². The minimum atomic E-state index is -0.00370. The summed E-state index contributed by atoms with van der Waals surface area (Å²) in [4.78, 5) is 14.8. The minimum absolute atomic E-state index is 0.00370. The summed E-state index contributed by atoms with van der Waals surface area (Å²) in [6.07, 6.45) is 5.38. The number of carbonyl (C=O) groups is 1. The van der Waals surface area contributed by atoms with Crippen LogP contribution in [-0.2, 0) is 0 Å². The third-order valence-electron chi connectivity index (χ3n) is 5.02. The van der Waals surface area contributed by atoms with Crippen molar-refractivity contribution in [1.82, 2.24) is 20.0 Å². The summed E-state index contributed by atoms with van der Waals surface area (Å²) in [5, 5.41) is 7.31. The van der Waals surface area contributed by atoms with Gasteiger partial charge in [0.05, 0.1) is 5.69 Å². The van der Waals surface area contributed by atoms with E-state index in [1.807, 2.05) is 41.9 Å². The van der Waals surface area contributed by atoms with Crippen LogP contribution < -0.4 is 5.32 Å². The van der Waals surface area contributed by atoms with Crippen molar-refractivity contribution in [1.29, 1.82) is 0 Å². The number of aromatic nitrogens is 2. The van der Waals surface area contributed by atoms with Crippen LogP contribution in [-0.4, -0.2) is 46.8 Å². The van der Waals surface area contributed by atoms with E-state index < -0.39 is 0 Å². The molecule has 5 heteroatoms. The second-order valence-corrected chi connectivity index (χ2v) is 7.06. The lowest BCUT2D eigenvalue weighted by molar-refractivity contribution is 0.0950. The molecular weight excluding hydrogens is 312 g/mol. The van der Waals surface area contributed by atoms with Gasteiger partial charge in [-0.1, -0.05) is 6.92 Å². The number of piperidine rings is 1. The summed E-state index contributed by atoms with van der Waals surface area (Å²) in [7, 11) is 0. The van der Waals surface area contributed by atoms with Crippen LogP contribution in [0.5, 0.6) is 0 Å². The van der Waals surface area contributed by atoms with Gasteiger partial charge >= 0.3 is 0 Å². The monoisotopic (exact) mass is 340 g/mol. The van der Waals surface area contributed by atoms with Crippen molar-refractivity contribution in [3.05, 3.63) is 47.8 Å². The first-order valence-electron chi connectivity index (χ1n) is 9.25. The summed E-state index contributed by atoms with van der Waals surface area (Å²) in [5.41, 5.74) is 2.74. The fourth-order valence-electron chi connectivity index (χ4n) is 3.29. The van der Waals surface area contributed by atoms with Crippen molar-refractivity contribution in [3.63, 3.8) is 0 Å². The van der Waals surface area contributed by atoms with Crippen molar-refractivity contribution < 1.29 is 4.79 Å². The summed E-state index contributed by atoms with van der Waals surface area (Å²) >= 11 is 0. The average Bonchev–Trinajstić information content (AvgIpc) is 3.06. The highest BCUT2D eigenvalue weighted by Gasteiger charge is 2.15. The zero-order chi connectivity index (χ0) is 17.6. The SMILES string of the molecule is Cc1ccnn1-c1ccc(C(=O)NCCCN2CCC(C)CC2)cc1. The first-order chi connectivity index (χ1) is 12.1. The zero-order valence-electron chi connectivity index (χ0n) is 15.2. The molecule has 0 radical (unpaired) electrons. The predicted octanol–water partition coefficient (Wildman–Crippen LogP) is 3.03. The molecule has 0 aliphatic carbocycles. The van der Waals surface area contributed by atoms with E-state index in [1.54, 1.807) is 6.20 Å². The van der Waals surface area contributed by atoms with Gasteiger partial charge < -0.3 is 10.2 Å². The van der Waals surface area contributed by atoms with Crippen LogP contribution >= 0.6 is 0 Å². The van der Waals surface area contributed by atoms with Gasteiger partial charge in [-0.3, -0.25) is 4.79 Å². The minimum Gasteiger partial charge on any atom is -0.352 e. The zero-order valence-corrected chi connectivity index (χ0v) is 15.2. The lowest BCUT2D eigenvalue weighted by Crippen LogP contribution is -2.35. The number of carbonyl (C=O) groups excluding carboxylic acids is 1. The van der Waals surface area contributed by atoms with Crippen LogP contribution in [0, 0.1) is 12.8 Å². The molecule has 0 spiro atoms. The Morgan fingerprint density at radius 3 is 2.56 bits per heavy atom. The first kappa shape index (κ1) is 17.7. The maximum atomic E-state index is 12.3. The Morgan fingerprint density at radius 1 is 1.20 bits per heavy atom. The van der Waals surface area contributed by atoms with Crippen LogP contribution in [0.25, 0.3) is 5.69 Å². The van der Waals surface area contributed by atoms with Gasteiger partial charge in [-0.2, -0.15) is 5.10 Å². The van der Waals surface area contributed by atoms with Gasteiger partial charge in [0.25, 0.3) is 5.91 Å². The van der Waals surface area contributed by atoms with Gasteiger partial charge in [0.15, 0.2) is 0 Å². The third-order valence-corrected chi connectivity index (χ3v) is 5.02. The molecule has 0 unspecified atom stereocenters. The Morgan fingerprint density at radius 2 is 1.92 bits per heavy atom. The number of nitrogens with one attached hydrogen (secondary N) is 1. The molecule has 1 aromatic heterocycles. The van der Waals surface area contributed by atoms with Crippen LogP contribution in [0.4, 0.5) is 0 Å². The van der Waals surface area contributed by atoms with Crippen LogP contribution in [0.2, 0.25) is 0 Å². The van der Waals surface area contributed by atoms with Crippen molar-refractivity contribution in [2.75, 3.05) is 26.2 Å². The van der Waals surface area contributed by atoms with E-state index in [0.29, 0.717) is 5.56 Å². The van der Waals surface area contributed by atoms with E-state index in [4.69, 9.17) is 0 Å². The fourth-order valence-corrected chi connectivity index (χ4v) is 3.29. The Kier molecular flexibility index (Phi) is 5.87. The number of likely N-dealkylation sites (tertiary alicyclic amines) is 1. The van der Waals surface area contributed by atoms with Crippen LogP contribution in [0.1, 0.15) is 42.2 Å². The molecule has 0 saturated carbocycles.